The molecule has 0 aromatic carbocycles. The van der Waals surface area contributed by atoms with Gasteiger partial charge < -0.3 is 0 Å². The van der Waals surface area contributed by atoms with Crippen molar-refractivity contribution < 1.29 is 8.42 Å². The molecule has 3 aromatic heterocycles. The number of hydrogen-bond donors (Lipinski definition) is 2. The van der Waals surface area contributed by atoms with Crippen LogP contribution in [-0.4, -0.2) is 30.1 Å². The van der Waals surface area contributed by atoms with Crippen LogP contribution < -0.4 is 4.72 Å². The van der Waals surface area contributed by atoms with E-state index in [1.165, 1.54) is 16.2 Å². The van der Waals surface area contributed by atoms with Crippen LogP contribution in [0.5, 0.6) is 0 Å². The molecule has 0 spiro atoms. The van der Waals surface area contributed by atoms with Crippen LogP contribution in [0, 0.1) is 27.7 Å². The van der Waals surface area contributed by atoms with Gasteiger partial charge in [-0.3, -0.25) is 5.10 Å². The van der Waals surface area contributed by atoms with Crippen LogP contribution in [0.3, 0.4) is 0 Å². The van der Waals surface area contributed by atoms with Gasteiger partial charge in [0.05, 0.1) is 20.5 Å². The van der Waals surface area contributed by atoms with E-state index in [-0.39, 0.29) is 0 Å². The number of nitrogens with one attached hydrogen (secondary N) is 2. The second-order valence-electron chi connectivity index (χ2n) is 5.86. The predicted octanol–water partition coefficient (Wildman–Crippen LogP) is 3.35. The summed E-state index contributed by atoms with van der Waals surface area (Å²) in [7, 11) is -3.55. The van der Waals surface area contributed by atoms with Gasteiger partial charge in [-0.25, -0.2) is 18.1 Å². The predicted molar refractivity (Wildman–Crippen MR) is 102 cm³/mol. The topological polar surface area (TPSA) is 87.7 Å². The van der Waals surface area contributed by atoms with E-state index >= 15 is 0 Å². The third-order valence-electron chi connectivity index (χ3n) is 3.82. The average molecular weight is 397 g/mol. The first-order valence-corrected chi connectivity index (χ1v) is 10.9. The molecule has 0 unspecified atom stereocenters. The second-order valence-corrected chi connectivity index (χ2v) is 10.1. The minimum absolute atomic E-state index is 0.319. The van der Waals surface area contributed by atoms with E-state index in [0.29, 0.717) is 17.9 Å². The molecule has 9 heteroatoms. The van der Waals surface area contributed by atoms with E-state index in [2.05, 4.69) is 19.9 Å². The number of nitrogens with zero attached hydrogens (tertiary/aromatic N) is 2. The van der Waals surface area contributed by atoms with Crippen molar-refractivity contribution in [2.24, 2.45) is 0 Å². The third kappa shape index (κ3) is 4.00. The molecule has 0 amide bonds. The van der Waals surface area contributed by atoms with Crippen LogP contribution in [0.1, 0.15) is 26.1 Å². The van der Waals surface area contributed by atoms with Crippen LogP contribution >= 0.6 is 22.7 Å². The fourth-order valence-corrected chi connectivity index (χ4v) is 5.93. The molecular weight excluding hydrogens is 376 g/mol. The van der Waals surface area contributed by atoms with Gasteiger partial charge in [-0.15, -0.1) is 22.7 Å². The number of thiophene rings is 1. The van der Waals surface area contributed by atoms with Gasteiger partial charge in [0.2, 0.25) is 10.0 Å². The molecule has 0 aliphatic heterocycles. The van der Waals surface area contributed by atoms with Gasteiger partial charge in [-0.05, 0) is 39.8 Å². The standard InChI is InChI=1S/C16H20N4O2S3/c1-9-7-13(20-19-9)14-8-15(12(4)23-14)25(21,22)17-6-5-16-18-10(2)11(3)24-16/h7-8,17H,5-6H2,1-4H3,(H,19,20). The Kier molecular flexibility index (Phi) is 5.10. The Morgan fingerprint density at radius 2 is 1.88 bits per heavy atom. The molecule has 0 aliphatic carbocycles. The lowest BCUT2D eigenvalue weighted by atomic mass is 10.3. The maximum Gasteiger partial charge on any atom is 0.241 e. The molecule has 0 bridgehead atoms. The lowest BCUT2D eigenvalue weighted by Crippen LogP contribution is -2.26. The molecule has 0 atom stereocenters. The molecule has 134 valence electrons. The average Bonchev–Trinajstić information content (AvgIpc) is 3.20. The fourth-order valence-electron chi connectivity index (χ4n) is 2.42. The molecule has 0 radical (unpaired) electrons. The maximum atomic E-state index is 12.6. The van der Waals surface area contributed by atoms with Crippen LogP contribution in [-0.2, 0) is 16.4 Å². The fraction of sp³-hybridized carbons (Fsp3) is 0.375. The molecule has 3 aromatic rings. The normalized spacial score (nSPS) is 12.0. The van der Waals surface area contributed by atoms with Crippen molar-refractivity contribution >= 4 is 32.7 Å². The Balaban J connectivity index is 1.72. The molecule has 6 nitrogen and oxygen atoms in total. The van der Waals surface area contributed by atoms with Gasteiger partial charge in [-0.1, -0.05) is 0 Å². The number of aryl methyl sites for hydroxylation is 4. The first kappa shape index (κ1) is 18.2. The van der Waals surface area contributed by atoms with Crippen molar-refractivity contribution in [1.29, 1.82) is 0 Å². The molecule has 25 heavy (non-hydrogen) atoms. The quantitative estimate of drug-likeness (QED) is 0.669. The smallest absolute Gasteiger partial charge is 0.241 e. The minimum Gasteiger partial charge on any atom is -0.282 e. The summed E-state index contributed by atoms with van der Waals surface area (Å²) >= 11 is 3.04. The monoisotopic (exact) mass is 396 g/mol. The molecule has 0 aliphatic rings. The largest absolute Gasteiger partial charge is 0.282 e. The third-order valence-corrected chi connectivity index (χ3v) is 7.75. The zero-order valence-corrected chi connectivity index (χ0v) is 17.0. The summed E-state index contributed by atoms with van der Waals surface area (Å²) in [6.45, 7) is 8.05. The minimum atomic E-state index is -3.55. The van der Waals surface area contributed by atoms with Crippen LogP contribution in [0.4, 0.5) is 0 Å². The summed E-state index contributed by atoms with van der Waals surface area (Å²) in [5, 5.41) is 8.03. The van der Waals surface area contributed by atoms with Crippen molar-refractivity contribution in [3.8, 4) is 10.6 Å². The summed E-state index contributed by atoms with van der Waals surface area (Å²) in [5.74, 6) is 0. The highest BCUT2D eigenvalue weighted by Gasteiger charge is 2.21. The van der Waals surface area contributed by atoms with Gasteiger partial charge >= 0.3 is 0 Å². The van der Waals surface area contributed by atoms with Gasteiger partial charge in [0.1, 0.15) is 5.69 Å². The molecule has 3 rings (SSSR count). The summed E-state index contributed by atoms with van der Waals surface area (Å²) in [6.07, 6.45) is 0.590. The van der Waals surface area contributed by atoms with E-state index in [4.69, 9.17) is 0 Å². The molecular formula is C16H20N4O2S3. The van der Waals surface area contributed by atoms with E-state index in [9.17, 15) is 8.42 Å². The van der Waals surface area contributed by atoms with E-state index in [1.54, 1.807) is 17.4 Å². The Bertz CT molecular complexity index is 979. The second kappa shape index (κ2) is 6.99. The highest BCUT2D eigenvalue weighted by molar-refractivity contribution is 7.89. The van der Waals surface area contributed by atoms with Gasteiger partial charge in [0, 0.05) is 28.4 Å². The summed E-state index contributed by atoms with van der Waals surface area (Å²) in [6, 6.07) is 3.60. The zero-order chi connectivity index (χ0) is 18.2. The number of sulfonamides is 1. The molecule has 3 heterocycles. The van der Waals surface area contributed by atoms with Crippen LogP contribution in [0.2, 0.25) is 0 Å². The molecule has 0 saturated heterocycles. The number of thiazole rings is 1. The van der Waals surface area contributed by atoms with Crippen molar-refractivity contribution in [2.45, 2.75) is 39.0 Å². The highest BCUT2D eigenvalue weighted by Crippen LogP contribution is 2.32. The van der Waals surface area contributed by atoms with Crippen LogP contribution in [0.25, 0.3) is 10.6 Å². The molecule has 2 N–H and O–H groups in total. The Hall–Kier alpha value is -1.55. The van der Waals surface area contributed by atoms with Crippen molar-refractivity contribution in [3.63, 3.8) is 0 Å². The summed E-state index contributed by atoms with van der Waals surface area (Å²) in [4.78, 5) is 7.53. The number of hydrogen-bond acceptors (Lipinski definition) is 6. The summed E-state index contributed by atoms with van der Waals surface area (Å²) in [5.41, 5.74) is 2.72. The SMILES string of the molecule is Cc1cc(-c2cc(S(=O)(=O)NCCc3nc(C)c(C)s3)c(C)s2)n[nH]1. The molecule has 0 fully saturated rings. The van der Waals surface area contributed by atoms with Gasteiger partial charge in [-0.2, -0.15) is 5.10 Å². The van der Waals surface area contributed by atoms with Crippen molar-refractivity contribution in [3.05, 3.63) is 38.3 Å². The number of H-pyrrole nitrogens is 1. The first-order chi connectivity index (χ1) is 11.8. The van der Waals surface area contributed by atoms with Crippen molar-refractivity contribution in [2.75, 3.05) is 6.54 Å². The number of aromatic nitrogens is 3. The Morgan fingerprint density at radius 1 is 1.12 bits per heavy atom. The van der Waals surface area contributed by atoms with E-state index in [0.717, 1.165) is 31.8 Å². The van der Waals surface area contributed by atoms with Crippen molar-refractivity contribution in [1.82, 2.24) is 19.9 Å². The van der Waals surface area contributed by atoms with E-state index < -0.39 is 10.0 Å². The Labute approximate surface area is 155 Å². The lowest BCUT2D eigenvalue weighted by molar-refractivity contribution is 0.581. The molecule has 0 saturated carbocycles. The first-order valence-electron chi connectivity index (χ1n) is 7.81. The lowest BCUT2D eigenvalue weighted by Gasteiger charge is -2.04. The number of aromatic amines is 1. The van der Waals surface area contributed by atoms with Crippen LogP contribution in [0.15, 0.2) is 17.0 Å². The maximum absolute atomic E-state index is 12.6. The Morgan fingerprint density at radius 3 is 2.48 bits per heavy atom. The van der Waals surface area contributed by atoms with Gasteiger partial charge in [0.25, 0.3) is 0 Å². The summed E-state index contributed by atoms with van der Waals surface area (Å²) < 4.78 is 27.9. The number of rotatable bonds is 6. The van der Waals surface area contributed by atoms with Gasteiger partial charge in [0.15, 0.2) is 0 Å². The zero-order valence-electron chi connectivity index (χ0n) is 14.5. The van der Waals surface area contributed by atoms with E-state index in [1.807, 2.05) is 33.8 Å². The highest BCUT2D eigenvalue weighted by atomic mass is 32.2.